The van der Waals surface area contributed by atoms with Gasteiger partial charge in [-0.25, -0.2) is 0 Å². The van der Waals surface area contributed by atoms with Crippen LogP contribution in [-0.4, -0.2) is 56.7 Å². The molecule has 1 aromatic carbocycles. The van der Waals surface area contributed by atoms with Gasteiger partial charge in [-0.2, -0.15) is 13.2 Å². The highest BCUT2D eigenvalue weighted by atomic mass is 19.4. The van der Waals surface area contributed by atoms with E-state index in [0.29, 0.717) is 18.9 Å². The molecule has 2 N–H and O–H groups in total. The van der Waals surface area contributed by atoms with Crippen LogP contribution in [0.3, 0.4) is 0 Å². The van der Waals surface area contributed by atoms with Crippen LogP contribution in [-0.2, 0) is 11.3 Å². The Morgan fingerprint density at radius 3 is 2.43 bits per heavy atom. The summed E-state index contributed by atoms with van der Waals surface area (Å²) in [5.41, 5.74) is 0.912. The Morgan fingerprint density at radius 1 is 1.25 bits per heavy atom. The maximum atomic E-state index is 12.2. The summed E-state index contributed by atoms with van der Waals surface area (Å²) in [5, 5.41) is 5.94. The first-order valence-electron chi connectivity index (χ1n) is 9.25. The van der Waals surface area contributed by atoms with Crippen molar-refractivity contribution in [3.8, 4) is 5.75 Å². The molecule has 0 aromatic heterocycles. The van der Waals surface area contributed by atoms with Crippen molar-refractivity contribution in [2.45, 2.75) is 32.0 Å². The monoisotopic (exact) mass is 400 g/mol. The molecule has 28 heavy (non-hydrogen) atoms. The van der Waals surface area contributed by atoms with E-state index >= 15 is 0 Å². The Hall–Kier alpha value is -2.45. The standard InChI is InChI=1S/C19H27F3N4O2/c1-23-17(27)11-14-7-9-26(10-8-14)18(24-2)25-12-15-3-5-16(6-4-15)28-13-19(20,21)22/h3-6,14H,7-13H2,1-2H3,(H,23,27)(H,24,25). The summed E-state index contributed by atoms with van der Waals surface area (Å²) in [6.07, 6.45) is -1.93. The lowest BCUT2D eigenvalue weighted by molar-refractivity contribution is -0.153. The number of carbonyl (C=O) groups is 1. The number of benzene rings is 1. The summed E-state index contributed by atoms with van der Waals surface area (Å²) >= 11 is 0. The molecule has 0 saturated carbocycles. The molecule has 1 fully saturated rings. The van der Waals surface area contributed by atoms with Crippen molar-refractivity contribution in [2.75, 3.05) is 33.8 Å². The van der Waals surface area contributed by atoms with Crippen LogP contribution < -0.4 is 15.4 Å². The molecule has 6 nitrogen and oxygen atoms in total. The Morgan fingerprint density at radius 2 is 1.89 bits per heavy atom. The van der Waals surface area contributed by atoms with E-state index in [1.54, 1.807) is 26.2 Å². The van der Waals surface area contributed by atoms with E-state index in [9.17, 15) is 18.0 Å². The zero-order valence-electron chi connectivity index (χ0n) is 16.2. The molecule has 0 spiro atoms. The van der Waals surface area contributed by atoms with Crippen molar-refractivity contribution in [1.82, 2.24) is 15.5 Å². The molecule has 2 rings (SSSR count). The van der Waals surface area contributed by atoms with Gasteiger partial charge in [-0.15, -0.1) is 0 Å². The number of nitrogens with zero attached hydrogens (tertiary/aromatic N) is 2. The highest BCUT2D eigenvalue weighted by molar-refractivity contribution is 5.80. The molecule has 156 valence electrons. The second-order valence-corrected chi connectivity index (χ2v) is 6.76. The summed E-state index contributed by atoms with van der Waals surface area (Å²) in [6, 6.07) is 6.49. The second kappa shape index (κ2) is 10.2. The number of rotatable bonds is 6. The predicted molar refractivity (Wildman–Crippen MR) is 101 cm³/mol. The maximum Gasteiger partial charge on any atom is 0.422 e. The van der Waals surface area contributed by atoms with Crippen LogP contribution in [0.25, 0.3) is 0 Å². The largest absolute Gasteiger partial charge is 0.484 e. The lowest BCUT2D eigenvalue weighted by Gasteiger charge is -2.34. The lowest BCUT2D eigenvalue weighted by Crippen LogP contribution is -2.45. The van der Waals surface area contributed by atoms with Crippen LogP contribution >= 0.6 is 0 Å². The fraction of sp³-hybridized carbons (Fsp3) is 0.579. The summed E-state index contributed by atoms with van der Waals surface area (Å²) in [5.74, 6) is 1.42. The average Bonchev–Trinajstić information content (AvgIpc) is 2.68. The van der Waals surface area contributed by atoms with E-state index in [1.807, 2.05) is 0 Å². The van der Waals surface area contributed by atoms with E-state index in [2.05, 4.69) is 20.5 Å². The Bertz CT molecular complexity index is 654. The maximum absolute atomic E-state index is 12.2. The third kappa shape index (κ3) is 7.28. The number of carbonyl (C=O) groups excluding carboxylic acids is 1. The van der Waals surface area contributed by atoms with Gasteiger partial charge in [-0.05, 0) is 36.5 Å². The second-order valence-electron chi connectivity index (χ2n) is 6.76. The lowest BCUT2D eigenvalue weighted by atomic mass is 9.93. The molecule has 1 aromatic rings. The van der Waals surface area contributed by atoms with Crippen LogP contribution in [0.15, 0.2) is 29.3 Å². The zero-order chi connectivity index (χ0) is 20.6. The number of halogens is 3. The average molecular weight is 400 g/mol. The molecule has 1 heterocycles. The molecule has 0 aliphatic carbocycles. The third-order valence-corrected chi connectivity index (χ3v) is 4.66. The van der Waals surface area contributed by atoms with Gasteiger partial charge in [-0.1, -0.05) is 12.1 Å². The van der Waals surface area contributed by atoms with Crippen molar-refractivity contribution in [1.29, 1.82) is 0 Å². The minimum absolute atomic E-state index is 0.0728. The molecule has 0 bridgehead atoms. The fourth-order valence-corrected chi connectivity index (χ4v) is 3.10. The van der Waals surface area contributed by atoms with Crippen LogP contribution in [0.1, 0.15) is 24.8 Å². The summed E-state index contributed by atoms with van der Waals surface area (Å²) < 4.78 is 41.2. The number of hydrogen-bond donors (Lipinski definition) is 2. The van der Waals surface area contributed by atoms with E-state index in [0.717, 1.165) is 37.5 Å². The first-order valence-corrected chi connectivity index (χ1v) is 9.25. The first-order chi connectivity index (χ1) is 13.3. The highest BCUT2D eigenvalue weighted by Gasteiger charge is 2.28. The van der Waals surface area contributed by atoms with Gasteiger partial charge in [0, 0.05) is 40.2 Å². The van der Waals surface area contributed by atoms with Crippen LogP contribution in [0.2, 0.25) is 0 Å². The molecule has 1 saturated heterocycles. The molecule has 1 aliphatic rings. The van der Waals surface area contributed by atoms with Gasteiger partial charge in [0.2, 0.25) is 5.91 Å². The Labute approximate surface area is 163 Å². The first kappa shape index (κ1) is 21.8. The molecular weight excluding hydrogens is 373 g/mol. The predicted octanol–water partition coefficient (Wildman–Crippen LogP) is 2.55. The number of ether oxygens (including phenoxy) is 1. The van der Waals surface area contributed by atoms with Crippen molar-refractivity contribution in [2.24, 2.45) is 10.9 Å². The van der Waals surface area contributed by atoms with Gasteiger partial charge in [0.25, 0.3) is 0 Å². The van der Waals surface area contributed by atoms with Crippen LogP contribution in [0.5, 0.6) is 5.75 Å². The smallest absolute Gasteiger partial charge is 0.422 e. The van der Waals surface area contributed by atoms with Gasteiger partial charge in [0.1, 0.15) is 5.75 Å². The topological polar surface area (TPSA) is 66.0 Å². The van der Waals surface area contributed by atoms with E-state index in [4.69, 9.17) is 4.74 Å². The minimum atomic E-state index is -4.35. The normalized spacial score (nSPS) is 16.0. The number of likely N-dealkylation sites (tertiary alicyclic amines) is 1. The van der Waals surface area contributed by atoms with Crippen molar-refractivity contribution in [3.05, 3.63) is 29.8 Å². The van der Waals surface area contributed by atoms with Crippen molar-refractivity contribution >= 4 is 11.9 Å². The van der Waals surface area contributed by atoms with Gasteiger partial charge < -0.3 is 20.3 Å². The highest BCUT2D eigenvalue weighted by Crippen LogP contribution is 2.21. The molecule has 0 atom stereocenters. The van der Waals surface area contributed by atoms with E-state index in [1.165, 1.54) is 12.1 Å². The molecule has 1 aliphatic heterocycles. The van der Waals surface area contributed by atoms with Crippen LogP contribution in [0.4, 0.5) is 13.2 Å². The van der Waals surface area contributed by atoms with Gasteiger partial charge in [0.05, 0.1) is 0 Å². The number of alkyl halides is 3. The molecule has 1 amide bonds. The molecular formula is C19H27F3N4O2. The number of piperidine rings is 1. The SMILES string of the molecule is CN=C(NCc1ccc(OCC(F)(F)F)cc1)N1CCC(CC(=O)NC)CC1. The van der Waals surface area contributed by atoms with E-state index < -0.39 is 12.8 Å². The van der Waals surface area contributed by atoms with Crippen molar-refractivity contribution < 1.29 is 22.7 Å². The summed E-state index contributed by atoms with van der Waals surface area (Å²) in [4.78, 5) is 18.0. The van der Waals surface area contributed by atoms with Crippen molar-refractivity contribution in [3.63, 3.8) is 0 Å². The van der Waals surface area contributed by atoms with Gasteiger partial charge in [-0.3, -0.25) is 9.79 Å². The number of hydrogen-bond acceptors (Lipinski definition) is 3. The molecule has 0 unspecified atom stereocenters. The fourth-order valence-electron chi connectivity index (χ4n) is 3.10. The van der Waals surface area contributed by atoms with Crippen LogP contribution in [0, 0.1) is 5.92 Å². The number of guanidine groups is 1. The van der Waals surface area contributed by atoms with E-state index in [-0.39, 0.29) is 11.7 Å². The Balaban J connectivity index is 1.79. The number of nitrogens with one attached hydrogen (secondary N) is 2. The zero-order valence-corrected chi connectivity index (χ0v) is 16.2. The van der Waals surface area contributed by atoms with Gasteiger partial charge >= 0.3 is 6.18 Å². The summed E-state index contributed by atoms with van der Waals surface area (Å²) in [6.45, 7) is 0.856. The number of aliphatic imine (C=N–C) groups is 1. The van der Waals surface area contributed by atoms with Gasteiger partial charge in [0.15, 0.2) is 12.6 Å². The quantitative estimate of drug-likeness (QED) is 0.569. The summed E-state index contributed by atoms with van der Waals surface area (Å²) in [7, 11) is 3.37. The third-order valence-electron chi connectivity index (χ3n) is 4.66. The Kier molecular flexibility index (Phi) is 7.95. The molecule has 9 heteroatoms. The molecule has 0 radical (unpaired) electrons. The minimum Gasteiger partial charge on any atom is -0.484 e. The number of amides is 1.